The summed E-state index contributed by atoms with van der Waals surface area (Å²) in [6.45, 7) is 0. The molecule has 0 aromatic carbocycles. The van der Waals surface area contributed by atoms with Gasteiger partial charge in [-0.1, -0.05) is 0 Å². The van der Waals surface area contributed by atoms with Crippen molar-refractivity contribution in [3.8, 4) is 0 Å². The van der Waals surface area contributed by atoms with Crippen molar-refractivity contribution >= 4 is 58.1 Å². The van der Waals surface area contributed by atoms with E-state index in [0.717, 1.165) is 3.79 Å². The summed E-state index contributed by atoms with van der Waals surface area (Å²) < 4.78 is 23.6. The zero-order valence-corrected chi connectivity index (χ0v) is 10.5. The smallest absolute Gasteiger partial charge is 0.232 e. The Balaban J connectivity index is 2.51. The third-order valence-electron chi connectivity index (χ3n) is 1.61. The average Bonchev–Trinajstić information content (AvgIpc) is 2.60. The highest BCUT2D eigenvalue weighted by Crippen LogP contribution is 2.35. The van der Waals surface area contributed by atoms with E-state index in [9.17, 15) is 8.42 Å². The summed E-state index contributed by atoms with van der Waals surface area (Å²) in [5.41, 5.74) is 0. The molecule has 0 bridgehead atoms. The number of aliphatic imine (C=N–C) groups is 1. The Kier molecular flexibility index (Phi) is 2.55. The van der Waals surface area contributed by atoms with Crippen molar-refractivity contribution < 1.29 is 8.42 Å². The number of sulfone groups is 1. The van der Waals surface area contributed by atoms with Gasteiger partial charge < -0.3 is 0 Å². The van der Waals surface area contributed by atoms with Crippen molar-refractivity contribution in [3.05, 3.63) is 27.0 Å². The van der Waals surface area contributed by atoms with E-state index in [1.807, 2.05) is 0 Å². The van der Waals surface area contributed by atoms with Crippen LogP contribution in [0.3, 0.4) is 0 Å². The standard InChI is InChI=1S/C7H3BrClNO2S2/c8-6-2-1-4(13-6)5-3-10-7(9)14(5,11)12/h1-3H. The first-order valence-corrected chi connectivity index (χ1v) is 6.93. The highest BCUT2D eigenvalue weighted by Gasteiger charge is 2.30. The lowest BCUT2D eigenvalue weighted by Gasteiger charge is -1.96. The van der Waals surface area contributed by atoms with Crippen molar-refractivity contribution in [2.45, 2.75) is 0 Å². The van der Waals surface area contributed by atoms with Gasteiger partial charge in [-0.3, -0.25) is 0 Å². The van der Waals surface area contributed by atoms with E-state index in [1.54, 1.807) is 12.1 Å². The lowest BCUT2D eigenvalue weighted by molar-refractivity contribution is 0.617. The van der Waals surface area contributed by atoms with E-state index in [0.29, 0.717) is 4.88 Å². The Morgan fingerprint density at radius 1 is 1.43 bits per heavy atom. The van der Waals surface area contributed by atoms with Crippen LogP contribution in [-0.2, 0) is 9.84 Å². The first kappa shape index (κ1) is 10.4. The van der Waals surface area contributed by atoms with E-state index in [-0.39, 0.29) is 9.41 Å². The highest BCUT2D eigenvalue weighted by atomic mass is 79.9. The van der Waals surface area contributed by atoms with Crippen molar-refractivity contribution in [1.82, 2.24) is 0 Å². The molecule has 0 N–H and O–H groups in total. The van der Waals surface area contributed by atoms with E-state index in [2.05, 4.69) is 20.9 Å². The van der Waals surface area contributed by atoms with E-state index >= 15 is 0 Å². The number of rotatable bonds is 1. The second-order valence-corrected chi connectivity index (χ2v) is 7.36. The molecule has 7 heteroatoms. The summed E-state index contributed by atoms with van der Waals surface area (Å²) in [6.07, 6.45) is 1.27. The zero-order valence-electron chi connectivity index (χ0n) is 6.57. The largest absolute Gasteiger partial charge is 0.237 e. The maximum Gasteiger partial charge on any atom is 0.237 e. The first-order valence-electron chi connectivity index (χ1n) is 3.46. The minimum Gasteiger partial charge on any atom is -0.232 e. The van der Waals surface area contributed by atoms with Gasteiger partial charge >= 0.3 is 0 Å². The van der Waals surface area contributed by atoms with Gasteiger partial charge in [0.05, 0.1) is 3.79 Å². The molecule has 0 amide bonds. The second-order valence-electron chi connectivity index (χ2n) is 2.48. The van der Waals surface area contributed by atoms with E-state index < -0.39 is 9.84 Å². The minimum atomic E-state index is -3.54. The molecule has 74 valence electrons. The third-order valence-corrected chi connectivity index (χ3v) is 5.56. The fourth-order valence-electron chi connectivity index (χ4n) is 0.982. The molecule has 0 saturated carbocycles. The second kappa shape index (κ2) is 3.44. The Morgan fingerprint density at radius 2 is 2.14 bits per heavy atom. The van der Waals surface area contributed by atoms with Crippen LogP contribution >= 0.6 is 38.9 Å². The monoisotopic (exact) mass is 311 g/mol. The van der Waals surface area contributed by atoms with Gasteiger partial charge in [0.1, 0.15) is 4.91 Å². The first-order chi connectivity index (χ1) is 6.51. The van der Waals surface area contributed by atoms with Crippen LogP contribution in [0.2, 0.25) is 0 Å². The Labute approximate surface area is 98.2 Å². The average molecular weight is 313 g/mol. The van der Waals surface area contributed by atoms with Gasteiger partial charge in [-0.15, -0.1) is 11.3 Å². The van der Waals surface area contributed by atoms with Gasteiger partial charge in [-0.2, -0.15) is 0 Å². The van der Waals surface area contributed by atoms with Crippen LogP contribution in [0.5, 0.6) is 0 Å². The number of thiophene rings is 1. The summed E-state index contributed by atoms with van der Waals surface area (Å²) in [6, 6.07) is 3.49. The van der Waals surface area contributed by atoms with Crippen LogP contribution in [0.1, 0.15) is 4.88 Å². The summed E-state index contributed by atoms with van der Waals surface area (Å²) in [4.78, 5) is 4.38. The van der Waals surface area contributed by atoms with Gasteiger partial charge in [0, 0.05) is 11.1 Å². The Morgan fingerprint density at radius 3 is 2.57 bits per heavy atom. The lowest BCUT2D eigenvalue weighted by Crippen LogP contribution is -2.05. The molecule has 1 aromatic heterocycles. The molecule has 3 nitrogen and oxygen atoms in total. The SMILES string of the molecule is O=S1(=O)C(c2ccc(Br)s2)=CN=C1Cl. The van der Waals surface area contributed by atoms with Gasteiger partial charge in [0.15, 0.2) is 0 Å². The topological polar surface area (TPSA) is 46.5 Å². The van der Waals surface area contributed by atoms with Crippen LogP contribution < -0.4 is 0 Å². The maximum absolute atomic E-state index is 11.6. The maximum atomic E-state index is 11.6. The third kappa shape index (κ3) is 1.56. The fraction of sp³-hybridized carbons (Fsp3) is 0. The molecule has 0 unspecified atom stereocenters. The van der Waals surface area contributed by atoms with Crippen LogP contribution in [0.25, 0.3) is 4.91 Å². The number of hydrogen-bond acceptors (Lipinski definition) is 4. The summed E-state index contributed by atoms with van der Waals surface area (Å²) >= 11 is 10.0. The zero-order chi connectivity index (χ0) is 10.3. The summed E-state index contributed by atoms with van der Waals surface area (Å²) in [5, 5.41) is 0. The van der Waals surface area contributed by atoms with E-state index in [1.165, 1.54) is 17.5 Å². The Hall–Kier alpha value is -0.170. The molecule has 0 radical (unpaired) electrons. The highest BCUT2D eigenvalue weighted by molar-refractivity contribution is 9.11. The van der Waals surface area contributed by atoms with Crippen LogP contribution in [0.4, 0.5) is 0 Å². The number of hydrogen-bond donors (Lipinski definition) is 0. The molecule has 0 fully saturated rings. The fourth-order valence-corrected chi connectivity index (χ4v) is 3.92. The van der Waals surface area contributed by atoms with Crippen molar-refractivity contribution in [2.75, 3.05) is 0 Å². The van der Waals surface area contributed by atoms with Crippen LogP contribution in [-0.4, -0.2) is 12.9 Å². The molecule has 1 aliphatic heterocycles. The molecule has 1 aromatic rings. The Bertz CT molecular complexity index is 544. The lowest BCUT2D eigenvalue weighted by atomic mass is 10.4. The molecular formula is C7H3BrClNO2S2. The minimum absolute atomic E-state index is 0.165. The molecule has 0 atom stereocenters. The normalized spacial score (nSPS) is 19.3. The van der Waals surface area contributed by atoms with Gasteiger partial charge in [0.2, 0.25) is 14.3 Å². The van der Waals surface area contributed by atoms with Crippen molar-refractivity contribution in [3.63, 3.8) is 0 Å². The van der Waals surface area contributed by atoms with Crippen molar-refractivity contribution in [2.24, 2.45) is 4.99 Å². The van der Waals surface area contributed by atoms with Crippen molar-refractivity contribution in [1.29, 1.82) is 0 Å². The molecule has 0 aliphatic carbocycles. The van der Waals surface area contributed by atoms with Gasteiger partial charge in [-0.25, -0.2) is 13.4 Å². The van der Waals surface area contributed by atoms with Crippen LogP contribution in [0, 0.1) is 0 Å². The predicted octanol–water partition coefficient (Wildman–Crippen LogP) is 2.83. The molecule has 14 heavy (non-hydrogen) atoms. The number of nitrogens with zero attached hydrogens (tertiary/aromatic N) is 1. The van der Waals surface area contributed by atoms with Gasteiger partial charge in [-0.05, 0) is 39.7 Å². The molecule has 2 heterocycles. The summed E-state index contributed by atoms with van der Waals surface area (Å²) in [7, 11) is -3.54. The molecular weight excluding hydrogens is 310 g/mol. The summed E-state index contributed by atoms with van der Waals surface area (Å²) in [5.74, 6) is 0. The molecule has 0 saturated heterocycles. The molecule has 2 rings (SSSR count). The quantitative estimate of drug-likeness (QED) is 0.800. The van der Waals surface area contributed by atoms with E-state index in [4.69, 9.17) is 11.6 Å². The predicted molar refractivity (Wildman–Crippen MR) is 62.2 cm³/mol. The van der Waals surface area contributed by atoms with Gasteiger partial charge in [0.25, 0.3) is 0 Å². The number of halogens is 2. The molecule has 0 spiro atoms. The van der Waals surface area contributed by atoms with Crippen LogP contribution in [0.15, 0.2) is 27.1 Å². The molecule has 1 aliphatic rings.